The summed E-state index contributed by atoms with van der Waals surface area (Å²) in [6, 6.07) is 8.94. The molecule has 1 aromatic carbocycles. The number of hydrogen-bond acceptors (Lipinski definition) is 3. The highest BCUT2D eigenvalue weighted by atomic mass is 35.5. The lowest BCUT2D eigenvalue weighted by Crippen LogP contribution is -2.16. The Morgan fingerprint density at radius 2 is 1.80 bits per heavy atom. The molecule has 0 aliphatic rings. The first-order valence-electron chi connectivity index (χ1n) is 6.10. The maximum Gasteiger partial charge on any atom is 0.339 e. The van der Waals surface area contributed by atoms with E-state index in [-0.39, 0.29) is 10.7 Å². The third-order valence-corrected chi connectivity index (χ3v) is 3.19. The van der Waals surface area contributed by atoms with E-state index in [4.69, 9.17) is 11.6 Å². The van der Waals surface area contributed by atoms with Crippen molar-refractivity contribution < 1.29 is 9.90 Å². The summed E-state index contributed by atoms with van der Waals surface area (Å²) in [5, 5.41) is 9.52. The Kier molecular flexibility index (Phi) is 3.95. The van der Waals surface area contributed by atoms with Crippen molar-refractivity contribution in [3.63, 3.8) is 0 Å². The Morgan fingerprint density at radius 1 is 1.20 bits per heavy atom. The average molecular weight is 291 g/mol. The van der Waals surface area contributed by atoms with E-state index in [9.17, 15) is 9.90 Å². The summed E-state index contributed by atoms with van der Waals surface area (Å²) in [6.45, 7) is 3.99. The van der Waals surface area contributed by atoms with Crippen LogP contribution in [0.25, 0.3) is 0 Å². The molecular weight excluding hydrogens is 276 g/mol. The second kappa shape index (κ2) is 5.51. The molecule has 1 N–H and O–H groups in total. The van der Waals surface area contributed by atoms with Gasteiger partial charge in [-0.25, -0.2) is 9.78 Å². The zero-order valence-corrected chi connectivity index (χ0v) is 12.3. The van der Waals surface area contributed by atoms with Crippen molar-refractivity contribution in [3.8, 4) is 0 Å². The van der Waals surface area contributed by atoms with Crippen LogP contribution < -0.4 is 4.90 Å². The molecule has 0 bridgehead atoms. The first-order valence-corrected chi connectivity index (χ1v) is 6.48. The quantitative estimate of drug-likeness (QED) is 0.873. The monoisotopic (exact) mass is 290 g/mol. The summed E-state index contributed by atoms with van der Waals surface area (Å²) < 4.78 is 0. The molecule has 1 aromatic heterocycles. The molecule has 20 heavy (non-hydrogen) atoms. The number of pyridine rings is 1. The van der Waals surface area contributed by atoms with E-state index in [1.165, 1.54) is 12.1 Å². The number of anilines is 2. The van der Waals surface area contributed by atoms with Crippen LogP contribution >= 0.6 is 11.6 Å². The minimum Gasteiger partial charge on any atom is -0.478 e. The molecule has 1 heterocycles. The number of carbonyl (C=O) groups is 1. The molecule has 0 aliphatic carbocycles. The predicted molar refractivity (Wildman–Crippen MR) is 80.2 cm³/mol. The fourth-order valence-corrected chi connectivity index (χ4v) is 2.26. The summed E-state index contributed by atoms with van der Waals surface area (Å²) in [6.07, 6.45) is 0. The molecule has 4 nitrogen and oxygen atoms in total. The van der Waals surface area contributed by atoms with E-state index in [0.29, 0.717) is 5.82 Å². The second-order valence-electron chi connectivity index (χ2n) is 4.72. The van der Waals surface area contributed by atoms with Gasteiger partial charge in [-0.05, 0) is 49.2 Å². The molecule has 0 fully saturated rings. The number of aryl methyl sites for hydroxylation is 2. The Bertz CT molecular complexity index is 651. The van der Waals surface area contributed by atoms with Crippen LogP contribution in [0.2, 0.25) is 5.15 Å². The van der Waals surface area contributed by atoms with Crippen molar-refractivity contribution in [3.05, 3.63) is 52.2 Å². The fourth-order valence-electron chi connectivity index (χ4n) is 2.11. The van der Waals surface area contributed by atoms with E-state index in [0.717, 1.165) is 16.8 Å². The van der Waals surface area contributed by atoms with Crippen molar-refractivity contribution in [1.82, 2.24) is 4.98 Å². The minimum absolute atomic E-state index is 0.121. The summed E-state index contributed by atoms with van der Waals surface area (Å²) in [4.78, 5) is 17.2. The van der Waals surface area contributed by atoms with Crippen molar-refractivity contribution in [2.24, 2.45) is 0 Å². The molecule has 5 heteroatoms. The van der Waals surface area contributed by atoms with Gasteiger partial charge in [0.1, 0.15) is 16.5 Å². The molecular formula is C15H15ClN2O2. The number of benzene rings is 1. The molecule has 0 unspecified atom stereocenters. The van der Waals surface area contributed by atoms with Crippen molar-refractivity contribution in [2.45, 2.75) is 13.8 Å². The molecule has 2 aromatic rings. The lowest BCUT2D eigenvalue weighted by molar-refractivity contribution is 0.0697. The normalized spacial score (nSPS) is 10.4. The molecule has 0 radical (unpaired) electrons. The van der Waals surface area contributed by atoms with Crippen LogP contribution in [-0.2, 0) is 0 Å². The Hall–Kier alpha value is -2.07. The van der Waals surface area contributed by atoms with Gasteiger partial charge in [-0.3, -0.25) is 0 Å². The van der Waals surface area contributed by atoms with Gasteiger partial charge < -0.3 is 10.0 Å². The molecule has 0 atom stereocenters. The molecule has 104 valence electrons. The predicted octanol–water partition coefficient (Wildman–Crippen LogP) is 3.82. The number of carboxylic acids is 1. The summed E-state index contributed by atoms with van der Waals surface area (Å²) in [5.74, 6) is -0.699. The topological polar surface area (TPSA) is 53.4 Å². The number of nitrogens with zero attached hydrogens (tertiary/aromatic N) is 2. The van der Waals surface area contributed by atoms with Crippen LogP contribution in [0.5, 0.6) is 0 Å². The zero-order chi connectivity index (χ0) is 14.9. The lowest BCUT2D eigenvalue weighted by Gasteiger charge is -2.21. The number of halogens is 1. The first-order chi connectivity index (χ1) is 9.38. The molecule has 2 rings (SSSR count). The average Bonchev–Trinajstić information content (AvgIpc) is 2.36. The van der Waals surface area contributed by atoms with E-state index in [1.807, 2.05) is 26.0 Å². The number of aromatic carboxylic acids is 1. The highest BCUT2D eigenvalue weighted by molar-refractivity contribution is 6.29. The molecule has 0 spiro atoms. The number of rotatable bonds is 3. The SMILES string of the molecule is Cc1cc(C)cc(N(C)c2nc(Cl)ccc2C(=O)O)c1. The van der Waals surface area contributed by atoms with Crippen molar-refractivity contribution >= 4 is 29.1 Å². The summed E-state index contributed by atoms with van der Waals surface area (Å²) >= 11 is 5.88. The third kappa shape index (κ3) is 2.91. The standard InChI is InChI=1S/C15H15ClN2O2/c1-9-6-10(2)8-11(7-9)18(3)14-12(15(19)20)4-5-13(16)17-14/h4-8H,1-3H3,(H,19,20). The first kappa shape index (κ1) is 14.3. The van der Waals surface area contributed by atoms with Gasteiger partial charge in [0.25, 0.3) is 0 Å². The zero-order valence-electron chi connectivity index (χ0n) is 11.5. The van der Waals surface area contributed by atoms with Gasteiger partial charge >= 0.3 is 5.97 Å². The Labute approximate surface area is 122 Å². The van der Waals surface area contributed by atoms with Gasteiger partial charge in [0.15, 0.2) is 0 Å². The van der Waals surface area contributed by atoms with Crippen molar-refractivity contribution in [1.29, 1.82) is 0 Å². The number of hydrogen-bond donors (Lipinski definition) is 1. The van der Waals surface area contributed by atoms with Gasteiger partial charge in [0, 0.05) is 12.7 Å². The third-order valence-electron chi connectivity index (χ3n) is 2.98. The summed E-state index contributed by atoms with van der Waals surface area (Å²) in [5.41, 5.74) is 3.20. The lowest BCUT2D eigenvalue weighted by atomic mass is 10.1. The van der Waals surface area contributed by atoms with Gasteiger partial charge in [-0.2, -0.15) is 0 Å². The second-order valence-corrected chi connectivity index (χ2v) is 5.10. The maximum atomic E-state index is 11.3. The van der Waals surface area contributed by atoms with Gasteiger partial charge in [-0.1, -0.05) is 17.7 Å². The van der Waals surface area contributed by atoms with Crippen LogP contribution in [0.3, 0.4) is 0 Å². The fraction of sp³-hybridized carbons (Fsp3) is 0.200. The molecule has 0 saturated heterocycles. The highest BCUT2D eigenvalue weighted by Crippen LogP contribution is 2.28. The van der Waals surface area contributed by atoms with Crippen molar-refractivity contribution in [2.75, 3.05) is 11.9 Å². The van der Waals surface area contributed by atoms with Gasteiger partial charge in [0.2, 0.25) is 0 Å². The van der Waals surface area contributed by atoms with Crippen LogP contribution in [0.15, 0.2) is 30.3 Å². The van der Waals surface area contributed by atoms with Gasteiger partial charge in [0.05, 0.1) is 0 Å². The number of carboxylic acid groups (broad SMARTS) is 1. The van der Waals surface area contributed by atoms with Crippen LogP contribution in [0.4, 0.5) is 11.5 Å². The van der Waals surface area contributed by atoms with E-state index in [1.54, 1.807) is 11.9 Å². The van der Waals surface area contributed by atoms with E-state index < -0.39 is 5.97 Å². The van der Waals surface area contributed by atoms with E-state index >= 15 is 0 Å². The number of aromatic nitrogens is 1. The molecule has 0 aliphatic heterocycles. The molecule has 0 saturated carbocycles. The Morgan fingerprint density at radius 3 is 2.35 bits per heavy atom. The van der Waals surface area contributed by atoms with Gasteiger partial charge in [-0.15, -0.1) is 0 Å². The smallest absolute Gasteiger partial charge is 0.339 e. The van der Waals surface area contributed by atoms with Crippen LogP contribution in [0.1, 0.15) is 21.5 Å². The maximum absolute atomic E-state index is 11.3. The summed E-state index contributed by atoms with van der Waals surface area (Å²) in [7, 11) is 1.78. The van der Waals surface area contributed by atoms with Crippen LogP contribution in [0, 0.1) is 13.8 Å². The minimum atomic E-state index is -1.03. The van der Waals surface area contributed by atoms with Crippen LogP contribution in [-0.4, -0.2) is 23.1 Å². The highest BCUT2D eigenvalue weighted by Gasteiger charge is 2.17. The van der Waals surface area contributed by atoms with E-state index in [2.05, 4.69) is 11.1 Å². The molecule has 0 amide bonds. The Balaban J connectivity index is 2.54. The largest absolute Gasteiger partial charge is 0.478 e.